The zero-order chi connectivity index (χ0) is 9.97. The molecule has 0 amide bonds. The SMILES string of the molecule is Br.Cc1cccc(-c2cccc(O)c2)n1. The largest absolute Gasteiger partial charge is 0.508 e. The van der Waals surface area contributed by atoms with E-state index in [4.69, 9.17) is 0 Å². The molecule has 0 bridgehead atoms. The summed E-state index contributed by atoms with van der Waals surface area (Å²) in [4.78, 5) is 4.37. The fraction of sp³-hybridized carbons (Fsp3) is 0.0833. The zero-order valence-electron chi connectivity index (χ0n) is 8.34. The van der Waals surface area contributed by atoms with Crippen LogP contribution in [0.1, 0.15) is 5.69 Å². The smallest absolute Gasteiger partial charge is 0.116 e. The standard InChI is InChI=1S/C12H11NO.BrH/c1-9-4-2-7-12(13-9)10-5-3-6-11(14)8-10;/h2-8,14H,1H3;1H. The summed E-state index contributed by atoms with van der Waals surface area (Å²) in [6, 6.07) is 13.0. The Kier molecular flexibility index (Phi) is 3.86. The van der Waals surface area contributed by atoms with Crippen LogP contribution in [0.5, 0.6) is 5.75 Å². The van der Waals surface area contributed by atoms with Gasteiger partial charge >= 0.3 is 0 Å². The van der Waals surface area contributed by atoms with Gasteiger partial charge in [0.15, 0.2) is 0 Å². The molecule has 1 aromatic heterocycles. The van der Waals surface area contributed by atoms with Crippen LogP contribution in [0.15, 0.2) is 42.5 Å². The summed E-state index contributed by atoms with van der Waals surface area (Å²) in [6.45, 7) is 1.95. The third-order valence-electron chi connectivity index (χ3n) is 2.03. The van der Waals surface area contributed by atoms with E-state index < -0.39 is 0 Å². The second-order valence-corrected chi connectivity index (χ2v) is 3.21. The fourth-order valence-electron chi connectivity index (χ4n) is 1.37. The highest BCUT2D eigenvalue weighted by Gasteiger charge is 1.99. The van der Waals surface area contributed by atoms with Crippen LogP contribution in [0.4, 0.5) is 0 Å². The van der Waals surface area contributed by atoms with Gasteiger partial charge in [-0.2, -0.15) is 0 Å². The Balaban J connectivity index is 0.00000112. The van der Waals surface area contributed by atoms with Crippen molar-refractivity contribution in [2.24, 2.45) is 0 Å². The van der Waals surface area contributed by atoms with Gasteiger partial charge in [0.1, 0.15) is 5.75 Å². The lowest BCUT2D eigenvalue weighted by molar-refractivity contribution is 0.475. The monoisotopic (exact) mass is 265 g/mol. The molecule has 3 heteroatoms. The minimum atomic E-state index is 0. The van der Waals surface area contributed by atoms with Gasteiger partial charge in [-0.15, -0.1) is 17.0 Å². The molecule has 2 nitrogen and oxygen atoms in total. The molecule has 0 spiro atoms. The first-order chi connectivity index (χ1) is 6.75. The maximum atomic E-state index is 9.32. The molecule has 15 heavy (non-hydrogen) atoms. The molecule has 0 aliphatic heterocycles. The van der Waals surface area contributed by atoms with E-state index in [2.05, 4.69) is 4.98 Å². The second kappa shape index (κ2) is 4.94. The molecule has 2 aromatic rings. The van der Waals surface area contributed by atoms with Gasteiger partial charge in [-0.25, -0.2) is 0 Å². The zero-order valence-corrected chi connectivity index (χ0v) is 10.1. The highest BCUT2D eigenvalue weighted by atomic mass is 79.9. The molecule has 0 radical (unpaired) electrons. The summed E-state index contributed by atoms with van der Waals surface area (Å²) < 4.78 is 0. The average molecular weight is 266 g/mol. The van der Waals surface area contributed by atoms with Crippen molar-refractivity contribution in [3.05, 3.63) is 48.2 Å². The third kappa shape index (κ3) is 2.80. The van der Waals surface area contributed by atoms with Crippen molar-refractivity contribution in [3.63, 3.8) is 0 Å². The van der Waals surface area contributed by atoms with Crippen LogP contribution in [0.25, 0.3) is 11.3 Å². The van der Waals surface area contributed by atoms with E-state index in [1.807, 2.05) is 37.3 Å². The molecule has 1 aromatic carbocycles. The summed E-state index contributed by atoms with van der Waals surface area (Å²) >= 11 is 0. The van der Waals surface area contributed by atoms with Crippen molar-refractivity contribution >= 4 is 17.0 Å². The summed E-state index contributed by atoms with van der Waals surface area (Å²) in [5.41, 5.74) is 2.81. The number of hydrogen-bond donors (Lipinski definition) is 1. The number of nitrogens with zero attached hydrogens (tertiary/aromatic N) is 1. The first-order valence-electron chi connectivity index (χ1n) is 4.49. The van der Waals surface area contributed by atoms with Crippen LogP contribution in [0, 0.1) is 6.92 Å². The van der Waals surface area contributed by atoms with Crippen molar-refractivity contribution in [1.82, 2.24) is 4.98 Å². The Labute approximate surface area is 99.4 Å². The van der Waals surface area contributed by atoms with E-state index in [1.165, 1.54) is 0 Å². The normalized spacial score (nSPS) is 9.40. The Bertz CT molecular complexity index is 413. The van der Waals surface area contributed by atoms with Gasteiger partial charge in [-0.05, 0) is 31.2 Å². The van der Waals surface area contributed by atoms with E-state index in [1.54, 1.807) is 12.1 Å². The molecule has 0 saturated heterocycles. The quantitative estimate of drug-likeness (QED) is 0.858. The maximum absolute atomic E-state index is 9.32. The molecule has 0 aliphatic rings. The molecular formula is C12H12BrNO. The van der Waals surface area contributed by atoms with Crippen molar-refractivity contribution in [3.8, 4) is 17.0 Å². The lowest BCUT2D eigenvalue weighted by Gasteiger charge is -2.01. The van der Waals surface area contributed by atoms with Crippen LogP contribution in [-0.4, -0.2) is 10.1 Å². The van der Waals surface area contributed by atoms with Crippen LogP contribution in [0.2, 0.25) is 0 Å². The van der Waals surface area contributed by atoms with Crippen molar-refractivity contribution in [2.45, 2.75) is 6.92 Å². The first-order valence-corrected chi connectivity index (χ1v) is 4.49. The number of hydrogen-bond acceptors (Lipinski definition) is 2. The average Bonchev–Trinajstić information content (AvgIpc) is 2.18. The minimum absolute atomic E-state index is 0. The van der Waals surface area contributed by atoms with Gasteiger partial charge in [0.25, 0.3) is 0 Å². The molecule has 0 fully saturated rings. The molecule has 1 heterocycles. The van der Waals surface area contributed by atoms with Crippen LogP contribution < -0.4 is 0 Å². The van der Waals surface area contributed by atoms with Crippen LogP contribution in [-0.2, 0) is 0 Å². The van der Waals surface area contributed by atoms with E-state index in [0.717, 1.165) is 17.0 Å². The van der Waals surface area contributed by atoms with Crippen molar-refractivity contribution < 1.29 is 5.11 Å². The van der Waals surface area contributed by atoms with Crippen LogP contribution >= 0.6 is 17.0 Å². The minimum Gasteiger partial charge on any atom is -0.508 e. The molecule has 0 saturated carbocycles. The Morgan fingerprint density at radius 3 is 2.47 bits per heavy atom. The Morgan fingerprint density at radius 2 is 1.80 bits per heavy atom. The lowest BCUT2D eigenvalue weighted by Crippen LogP contribution is -1.85. The predicted molar refractivity (Wildman–Crippen MR) is 66.4 cm³/mol. The van der Waals surface area contributed by atoms with E-state index >= 15 is 0 Å². The number of benzene rings is 1. The fourth-order valence-corrected chi connectivity index (χ4v) is 1.37. The first kappa shape index (κ1) is 11.7. The van der Waals surface area contributed by atoms with Crippen molar-refractivity contribution in [2.75, 3.05) is 0 Å². The molecule has 0 atom stereocenters. The third-order valence-corrected chi connectivity index (χ3v) is 2.03. The highest BCUT2D eigenvalue weighted by Crippen LogP contribution is 2.21. The van der Waals surface area contributed by atoms with Gasteiger partial charge in [-0.3, -0.25) is 4.98 Å². The topological polar surface area (TPSA) is 33.1 Å². The number of halogens is 1. The molecule has 0 aliphatic carbocycles. The molecule has 2 rings (SSSR count). The van der Waals surface area contributed by atoms with Gasteiger partial charge in [0.2, 0.25) is 0 Å². The van der Waals surface area contributed by atoms with Gasteiger partial charge in [-0.1, -0.05) is 18.2 Å². The molecule has 1 N–H and O–H groups in total. The van der Waals surface area contributed by atoms with E-state index in [-0.39, 0.29) is 22.7 Å². The highest BCUT2D eigenvalue weighted by molar-refractivity contribution is 8.93. The lowest BCUT2D eigenvalue weighted by atomic mass is 10.1. The second-order valence-electron chi connectivity index (χ2n) is 3.21. The van der Waals surface area contributed by atoms with Gasteiger partial charge in [0.05, 0.1) is 5.69 Å². The molecule has 78 valence electrons. The number of phenols is 1. The van der Waals surface area contributed by atoms with Gasteiger partial charge in [0, 0.05) is 11.3 Å². The number of aryl methyl sites for hydroxylation is 1. The number of rotatable bonds is 1. The van der Waals surface area contributed by atoms with E-state index in [0.29, 0.717) is 0 Å². The summed E-state index contributed by atoms with van der Waals surface area (Å²) in [5.74, 6) is 0.269. The molecular weight excluding hydrogens is 254 g/mol. The molecule has 0 unspecified atom stereocenters. The van der Waals surface area contributed by atoms with Gasteiger partial charge < -0.3 is 5.11 Å². The maximum Gasteiger partial charge on any atom is 0.116 e. The van der Waals surface area contributed by atoms with E-state index in [9.17, 15) is 5.11 Å². The van der Waals surface area contributed by atoms with Crippen molar-refractivity contribution in [1.29, 1.82) is 0 Å². The predicted octanol–water partition coefficient (Wildman–Crippen LogP) is 3.34. The Hall–Kier alpha value is -1.35. The summed E-state index contributed by atoms with van der Waals surface area (Å²) in [7, 11) is 0. The number of phenolic OH excluding ortho intramolecular Hbond substituents is 1. The summed E-state index contributed by atoms with van der Waals surface area (Å²) in [5, 5.41) is 9.32. The number of pyridine rings is 1. The number of aromatic hydroxyl groups is 1. The number of aromatic nitrogens is 1. The summed E-state index contributed by atoms with van der Waals surface area (Å²) in [6.07, 6.45) is 0. The Morgan fingerprint density at radius 1 is 1.07 bits per heavy atom. The van der Waals surface area contributed by atoms with Crippen LogP contribution in [0.3, 0.4) is 0 Å².